The lowest BCUT2D eigenvalue weighted by Crippen LogP contribution is -2.29. The molecule has 1 aliphatic rings. The molecule has 0 saturated heterocycles. The molecule has 0 amide bonds. The van der Waals surface area contributed by atoms with Crippen molar-refractivity contribution in [1.82, 2.24) is 19.7 Å². The van der Waals surface area contributed by atoms with Gasteiger partial charge in [-0.15, -0.1) is 5.10 Å². The lowest BCUT2D eigenvalue weighted by Gasteiger charge is -2.12. The molecule has 1 N–H and O–H groups in total. The largest absolute Gasteiger partial charge is 0.495 e. The maximum absolute atomic E-state index is 13.2. The van der Waals surface area contributed by atoms with Crippen LogP contribution in [-0.4, -0.2) is 44.5 Å². The van der Waals surface area contributed by atoms with Crippen LogP contribution >= 0.6 is 0 Å². The first-order chi connectivity index (χ1) is 18.6. The summed E-state index contributed by atoms with van der Waals surface area (Å²) in [7, 11) is 1.60. The van der Waals surface area contributed by atoms with Gasteiger partial charge in [0.15, 0.2) is 11.9 Å². The molecule has 1 unspecified atom stereocenters. The first-order valence-electron chi connectivity index (χ1n) is 12.1. The summed E-state index contributed by atoms with van der Waals surface area (Å²) in [5.74, 6) is 0.821. The first kappa shape index (κ1) is 23.4. The van der Waals surface area contributed by atoms with Gasteiger partial charge in [-0.2, -0.15) is 0 Å². The van der Waals surface area contributed by atoms with Gasteiger partial charge in [0.1, 0.15) is 5.75 Å². The summed E-state index contributed by atoms with van der Waals surface area (Å²) in [5.41, 5.74) is 5.93. The number of aryl methyl sites for hydroxylation is 1. The number of fused-ring (bicyclic) bond motifs is 1. The van der Waals surface area contributed by atoms with E-state index in [9.17, 15) is 4.79 Å². The van der Waals surface area contributed by atoms with Crippen LogP contribution in [0.15, 0.2) is 94.7 Å². The predicted octanol–water partition coefficient (Wildman–Crippen LogP) is 4.64. The third kappa shape index (κ3) is 4.45. The van der Waals surface area contributed by atoms with Crippen LogP contribution < -0.4 is 10.1 Å². The standard InChI is InChI=1S/C29H24N6O3/c1-18-16-35(17-30-18)23-13-12-21(15-25(23)37-2)28-33-34-29(38-28)32-27-24(36)14-20-10-6-7-11-22(20)26(31-27)19-8-4-3-5-9-19/h3-13,15-17,27H,14H2,1-2H3,(H,32,34). The number of aliphatic imine (C=N–C) groups is 1. The average Bonchev–Trinajstić information content (AvgIpc) is 3.57. The second kappa shape index (κ2) is 9.78. The van der Waals surface area contributed by atoms with Gasteiger partial charge in [0, 0.05) is 29.3 Å². The summed E-state index contributed by atoms with van der Waals surface area (Å²) in [6.45, 7) is 1.93. The van der Waals surface area contributed by atoms with Crippen LogP contribution in [0.5, 0.6) is 5.75 Å². The van der Waals surface area contributed by atoms with Gasteiger partial charge >= 0.3 is 6.01 Å². The van der Waals surface area contributed by atoms with E-state index in [0.717, 1.165) is 33.8 Å². The summed E-state index contributed by atoms with van der Waals surface area (Å²) in [5, 5.41) is 11.4. The summed E-state index contributed by atoms with van der Waals surface area (Å²) in [6, 6.07) is 23.3. The van der Waals surface area contributed by atoms with Gasteiger partial charge in [-0.3, -0.25) is 9.79 Å². The molecular weight excluding hydrogens is 480 g/mol. The number of methoxy groups -OCH3 is 1. The summed E-state index contributed by atoms with van der Waals surface area (Å²) in [4.78, 5) is 22.3. The highest BCUT2D eigenvalue weighted by Crippen LogP contribution is 2.30. The lowest BCUT2D eigenvalue weighted by atomic mass is 9.96. The van der Waals surface area contributed by atoms with Crippen molar-refractivity contribution in [2.75, 3.05) is 12.4 Å². The zero-order valence-electron chi connectivity index (χ0n) is 20.8. The highest BCUT2D eigenvalue weighted by Gasteiger charge is 2.27. The second-order valence-electron chi connectivity index (χ2n) is 8.91. The molecule has 6 rings (SSSR count). The van der Waals surface area contributed by atoms with Crippen molar-refractivity contribution in [2.24, 2.45) is 4.99 Å². The van der Waals surface area contributed by atoms with E-state index in [1.165, 1.54) is 0 Å². The molecule has 0 radical (unpaired) electrons. The van der Waals surface area contributed by atoms with Gasteiger partial charge < -0.3 is 19.0 Å². The van der Waals surface area contributed by atoms with Crippen LogP contribution in [0.2, 0.25) is 0 Å². The van der Waals surface area contributed by atoms with Crippen molar-refractivity contribution in [1.29, 1.82) is 0 Å². The van der Waals surface area contributed by atoms with Crippen LogP contribution in [0.1, 0.15) is 22.4 Å². The number of hydrogen-bond acceptors (Lipinski definition) is 8. The number of anilines is 1. The van der Waals surface area contributed by atoms with Crippen LogP contribution in [-0.2, 0) is 11.2 Å². The molecule has 0 spiro atoms. The molecule has 0 bridgehead atoms. The fraction of sp³-hybridized carbons (Fsp3) is 0.138. The number of Topliss-reactive ketones (excluding diaryl/α,β-unsaturated/α-hetero) is 1. The van der Waals surface area contributed by atoms with Gasteiger partial charge in [0.05, 0.1) is 30.5 Å². The monoisotopic (exact) mass is 504 g/mol. The molecule has 1 atom stereocenters. The smallest absolute Gasteiger partial charge is 0.317 e. The van der Waals surface area contributed by atoms with E-state index < -0.39 is 6.17 Å². The number of carbonyl (C=O) groups excluding carboxylic acids is 1. The van der Waals surface area contributed by atoms with E-state index >= 15 is 0 Å². The molecule has 9 nitrogen and oxygen atoms in total. The normalized spacial score (nSPS) is 14.9. The molecular formula is C29H24N6O3. The van der Waals surface area contributed by atoms with Crippen molar-refractivity contribution in [3.8, 4) is 22.9 Å². The summed E-state index contributed by atoms with van der Waals surface area (Å²) < 4.78 is 13.4. The topological polar surface area (TPSA) is 107 Å². The number of hydrogen-bond donors (Lipinski definition) is 1. The molecule has 9 heteroatoms. The highest BCUT2D eigenvalue weighted by molar-refractivity contribution is 6.16. The molecule has 0 aliphatic carbocycles. The number of rotatable bonds is 6. The zero-order valence-corrected chi connectivity index (χ0v) is 20.8. The highest BCUT2D eigenvalue weighted by atomic mass is 16.5. The Bertz CT molecular complexity index is 1650. The summed E-state index contributed by atoms with van der Waals surface area (Å²) >= 11 is 0. The maximum Gasteiger partial charge on any atom is 0.317 e. The predicted molar refractivity (Wildman–Crippen MR) is 143 cm³/mol. The lowest BCUT2D eigenvalue weighted by molar-refractivity contribution is -0.119. The fourth-order valence-electron chi connectivity index (χ4n) is 4.49. The van der Waals surface area contributed by atoms with Crippen LogP contribution in [0, 0.1) is 6.92 Å². The minimum Gasteiger partial charge on any atom is -0.495 e. The van der Waals surface area contributed by atoms with Crippen molar-refractivity contribution in [3.05, 3.63) is 108 Å². The Kier molecular flexibility index (Phi) is 6.01. The number of nitrogens with zero attached hydrogens (tertiary/aromatic N) is 5. The Balaban J connectivity index is 1.30. The van der Waals surface area contributed by atoms with E-state index in [-0.39, 0.29) is 24.1 Å². The molecule has 1 aliphatic heterocycles. The van der Waals surface area contributed by atoms with E-state index in [2.05, 4.69) is 20.5 Å². The minimum absolute atomic E-state index is 0.0928. The number of carbonyl (C=O) groups is 1. The second-order valence-corrected chi connectivity index (χ2v) is 8.91. The van der Waals surface area contributed by atoms with Crippen LogP contribution in [0.3, 0.4) is 0 Å². The number of aromatic nitrogens is 4. The quantitative estimate of drug-likeness (QED) is 0.359. The maximum atomic E-state index is 13.2. The third-order valence-corrected chi connectivity index (χ3v) is 6.35. The molecule has 2 aromatic heterocycles. The summed E-state index contributed by atoms with van der Waals surface area (Å²) in [6.07, 6.45) is 3.00. The minimum atomic E-state index is -0.882. The molecule has 5 aromatic rings. The number of ketones is 1. The number of ether oxygens (including phenoxy) is 1. The molecule has 0 fully saturated rings. The molecule has 3 heterocycles. The molecule has 3 aromatic carbocycles. The van der Waals surface area contributed by atoms with Crippen molar-refractivity contribution >= 4 is 17.5 Å². The average molecular weight is 505 g/mol. The fourth-order valence-corrected chi connectivity index (χ4v) is 4.49. The number of imidazole rings is 1. The van der Waals surface area contributed by atoms with Gasteiger partial charge in [0.2, 0.25) is 5.89 Å². The van der Waals surface area contributed by atoms with E-state index in [0.29, 0.717) is 11.3 Å². The Morgan fingerprint density at radius 3 is 2.61 bits per heavy atom. The molecule has 188 valence electrons. The Morgan fingerprint density at radius 2 is 1.82 bits per heavy atom. The number of nitrogens with one attached hydrogen (secondary N) is 1. The van der Waals surface area contributed by atoms with Crippen LogP contribution in [0.25, 0.3) is 17.1 Å². The third-order valence-electron chi connectivity index (χ3n) is 6.35. The molecule has 0 saturated carbocycles. The van der Waals surface area contributed by atoms with Gasteiger partial charge in [-0.05, 0) is 30.7 Å². The van der Waals surface area contributed by atoms with E-state index in [4.69, 9.17) is 14.1 Å². The Morgan fingerprint density at radius 1 is 1.00 bits per heavy atom. The number of benzene rings is 3. The van der Waals surface area contributed by atoms with E-state index in [1.54, 1.807) is 13.4 Å². The van der Waals surface area contributed by atoms with Gasteiger partial charge in [-0.25, -0.2) is 4.98 Å². The Hall–Kier alpha value is -5.05. The first-order valence-corrected chi connectivity index (χ1v) is 12.1. The van der Waals surface area contributed by atoms with Crippen molar-refractivity contribution < 1.29 is 13.9 Å². The van der Waals surface area contributed by atoms with Gasteiger partial charge in [-0.1, -0.05) is 59.7 Å². The Labute approximate surface area is 218 Å². The van der Waals surface area contributed by atoms with Gasteiger partial charge in [0.25, 0.3) is 0 Å². The zero-order chi connectivity index (χ0) is 26.1. The van der Waals surface area contributed by atoms with Crippen molar-refractivity contribution in [2.45, 2.75) is 19.5 Å². The van der Waals surface area contributed by atoms with Crippen molar-refractivity contribution in [3.63, 3.8) is 0 Å². The van der Waals surface area contributed by atoms with E-state index in [1.807, 2.05) is 90.5 Å². The molecule has 38 heavy (non-hydrogen) atoms. The SMILES string of the molecule is COc1cc(-c2nnc(NC3N=C(c4ccccc4)c4ccccc4CC3=O)o2)ccc1-n1cnc(C)c1. The van der Waals surface area contributed by atoms with Crippen LogP contribution in [0.4, 0.5) is 6.01 Å².